The Morgan fingerprint density at radius 1 is 1.69 bits per heavy atom. The molecular formula is C10H15N3O2S. The van der Waals surface area contributed by atoms with E-state index in [1.165, 1.54) is 13.3 Å². The van der Waals surface area contributed by atoms with Crippen molar-refractivity contribution in [2.75, 3.05) is 25.2 Å². The maximum atomic E-state index is 11.2. The zero-order valence-corrected chi connectivity index (χ0v) is 10.4. The lowest BCUT2D eigenvalue weighted by atomic mass is 10.4. The van der Waals surface area contributed by atoms with Crippen LogP contribution in [0.4, 0.5) is 5.82 Å². The van der Waals surface area contributed by atoms with Crippen molar-refractivity contribution in [3.05, 3.63) is 18.1 Å². The molecule has 0 amide bonds. The third kappa shape index (κ3) is 3.69. The molecule has 0 aliphatic heterocycles. The van der Waals surface area contributed by atoms with Gasteiger partial charge in [-0.1, -0.05) is 6.92 Å². The van der Waals surface area contributed by atoms with Gasteiger partial charge in [-0.15, -0.1) is 0 Å². The first-order valence-electron chi connectivity index (χ1n) is 4.85. The molecule has 1 atom stereocenters. The van der Waals surface area contributed by atoms with Gasteiger partial charge in [0.25, 0.3) is 0 Å². The number of thioether (sulfide) groups is 1. The van der Waals surface area contributed by atoms with Gasteiger partial charge in [0.15, 0.2) is 0 Å². The number of ether oxygens (including phenoxy) is 1. The van der Waals surface area contributed by atoms with E-state index in [1.54, 1.807) is 17.8 Å². The van der Waals surface area contributed by atoms with Gasteiger partial charge in [0.1, 0.15) is 5.82 Å². The molecule has 1 unspecified atom stereocenters. The minimum atomic E-state index is -0.526. The van der Waals surface area contributed by atoms with Gasteiger partial charge in [-0.2, -0.15) is 11.8 Å². The Balaban J connectivity index is 2.64. The molecule has 0 bridgehead atoms. The number of hydrogen-bond donors (Lipinski definition) is 1. The first kappa shape index (κ1) is 12.8. The third-order valence-corrected chi connectivity index (χ3v) is 2.97. The highest BCUT2D eigenvalue weighted by Crippen LogP contribution is 2.07. The molecule has 0 fully saturated rings. The van der Waals surface area contributed by atoms with Crippen molar-refractivity contribution >= 4 is 23.5 Å². The Hall–Kier alpha value is -1.30. The Morgan fingerprint density at radius 2 is 2.44 bits per heavy atom. The van der Waals surface area contributed by atoms with Crippen LogP contribution in [0.3, 0.4) is 0 Å². The van der Waals surface area contributed by atoms with Crippen LogP contribution in [0.5, 0.6) is 0 Å². The fourth-order valence-electron chi connectivity index (χ4n) is 0.978. The van der Waals surface area contributed by atoms with Gasteiger partial charge in [0.2, 0.25) is 5.82 Å². The number of anilines is 1. The summed E-state index contributed by atoms with van der Waals surface area (Å²) in [4.78, 5) is 19.1. The Kier molecular flexibility index (Phi) is 5.04. The van der Waals surface area contributed by atoms with E-state index in [2.05, 4.69) is 26.9 Å². The largest absolute Gasteiger partial charge is 0.463 e. The summed E-state index contributed by atoms with van der Waals surface area (Å²) in [6, 6.07) is 1.72. The summed E-state index contributed by atoms with van der Waals surface area (Å²) in [6.45, 7) is 2.90. The average Bonchev–Trinajstić information content (AvgIpc) is 2.35. The van der Waals surface area contributed by atoms with Gasteiger partial charge in [0, 0.05) is 18.0 Å². The molecule has 1 N–H and O–H groups in total. The molecule has 1 heterocycles. The van der Waals surface area contributed by atoms with E-state index in [-0.39, 0.29) is 5.82 Å². The van der Waals surface area contributed by atoms with Crippen molar-refractivity contribution in [2.24, 2.45) is 0 Å². The molecule has 5 nitrogen and oxygen atoms in total. The lowest BCUT2D eigenvalue weighted by Gasteiger charge is -2.10. The number of hydrogen-bond acceptors (Lipinski definition) is 6. The molecule has 0 aliphatic carbocycles. The van der Waals surface area contributed by atoms with Crippen molar-refractivity contribution in [1.29, 1.82) is 0 Å². The Labute approximate surface area is 99.0 Å². The second-order valence-corrected chi connectivity index (χ2v) is 4.46. The number of methoxy groups -OCH3 is 1. The minimum Gasteiger partial charge on any atom is -0.463 e. The van der Waals surface area contributed by atoms with Crippen LogP contribution in [0.25, 0.3) is 0 Å². The van der Waals surface area contributed by atoms with E-state index < -0.39 is 5.97 Å². The molecule has 6 heteroatoms. The number of nitrogens with one attached hydrogen (secondary N) is 1. The van der Waals surface area contributed by atoms with Gasteiger partial charge < -0.3 is 10.1 Å². The van der Waals surface area contributed by atoms with E-state index in [9.17, 15) is 4.79 Å². The summed E-state index contributed by atoms with van der Waals surface area (Å²) in [5.74, 6) is 0.183. The van der Waals surface area contributed by atoms with E-state index >= 15 is 0 Å². The van der Waals surface area contributed by atoms with Crippen LogP contribution >= 0.6 is 11.8 Å². The zero-order valence-electron chi connectivity index (χ0n) is 9.56. The predicted molar refractivity (Wildman–Crippen MR) is 64.8 cm³/mol. The summed E-state index contributed by atoms with van der Waals surface area (Å²) < 4.78 is 4.54. The van der Waals surface area contributed by atoms with E-state index in [1.807, 2.05) is 6.26 Å². The van der Waals surface area contributed by atoms with Crippen LogP contribution in [0, 0.1) is 0 Å². The highest BCUT2D eigenvalue weighted by Gasteiger charge is 2.09. The summed E-state index contributed by atoms with van der Waals surface area (Å²) in [5.41, 5.74) is 0. The number of esters is 1. The number of carbonyl (C=O) groups excluding carboxylic acids is 1. The standard InChI is InChI=1S/C10H15N3O2S/c1-7(16-3)6-12-8-4-5-11-9(13-8)10(14)15-2/h4-5,7H,6H2,1-3H3,(H,11,12,13). The van der Waals surface area contributed by atoms with Gasteiger partial charge in [-0.05, 0) is 12.3 Å². The van der Waals surface area contributed by atoms with Crippen LogP contribution in [0.1, 0.15) is 17.5 Å². The normalized spacial score (nSPS) is 11.9. The number of rotatable bonds is 5. The van der Waals surface area contributed by atoms with Crippen molar-refractivity contribution in [1.82, 2.24) is 9.97 Å². The molecule has 1 aromatic rings. The molecular weight excluding hydrogens is 226 g/mol. The molecule has 0 saturated heterocycles. The van der Waals surface area contributed by atoms with Crippen molar-refractivity contribution in [3.63, 3.8) is 0 Å². The number of aromatic nitrogens is 2. The molecule has 0 radical (unpaired) electrons. The second kappa shape index (κ2) is 6.32. The average molecular weight is 241 g/mol. The predicted octanol–water partition coefficient (Wildman–Crippen LogP) is 1.43. The summed E-state index contributed by atoms with van der Waals surface area (Å²) in [5, 5.41) is 3.62. The van der Waals surface area contributed by atoms with Gasteiger partial charge in [-0.3, -0.25) is 0 Å². The molecule has 1 aromatic heterocycles. The van der Waals surface area contributed by atoms with Gasteiger partial charge in [-0.25, -0.2) is 14.8 Å². The van der Waals surface area contributed by atoms with Crippen molar-refractivity contribution < 1.29 is 9.53 Å². The first-order valence-corrected chi connectivity index (χ1v) is 6.14. The summed E-state index contributed by atoms with van der Waals surface area (Å²) in [7, 11) is 1.31. The Bertz CT molecular complexity index is 360. The molecule has 88 valence electrons. The number of carbonyl (C=O) groups is 1. The van der Waals surface area contributed by atoms with Crippen LogP contribution in [0.15, 0.2) is 12.3 Å². The van der Waals surface area contributed by atoms with Crippen LogP contribution < -0.4 is 5.32 Å². The highest BCUT2D eigenvalue weighted by atomic mass is 32.2. The fraction of sp³-hybridized carbons (Fsp3) is 0.500. The van der Waals surface area contributed by atoms with Gasteiger partial charge in [0.05, 0.1) is 7.11 Å². The maximum Gasteiger partial charge on any atom is 0.376 e. The van der Waals surface area contributed by atoms with E-state index in [4.69, 9.17) is 0 Å². The zero-order chi connectivity index (χ0) is 12.0. The molecule has 0 aromatic carbocycles. The van der Waals surface area contributed by atoms with Crippen LogP contribution in [0.2, 0.25) is 0 Å². The topological polar surface area (TPSA) is 64.1 Å². The second-order valence-electron chi connectivity index (χ2n) is 3.18. The fourth-order valence-corrected chi connectivity index (χ4v) is 1.23. The molecule has 16 heavy (non-hydrogen) atoms. The summed E-state index contributed by atoms with van der Waals surface area (Å²) in [6.07, 6.45) is 3.58. The quantitative estimate of drug-likeness (QED) is 0.787. The van der Waals surface area contributed by atoms with Crippen LogP contribution in [-0.2, 0) is 4.74 Å². The molecule has 1 rings (SSSR count). The summed E-state index contributed by atoms with van der Waals surface area (Å²) >= 11 is 1.76. The van der Waals surface area contributed by atoms with E-state index in [0.717, 1.165) is 6.54 Å². The minimum absolute atomic E-state index is 0.0734. The first-order chi connectivity index (χ1) is 7.67. The smallest absolute Gasteiger partial charge is 0.376 e. The van der Waals surface area contributed by atoms with E-state index in [0.29, 0.717) is 11.1 Å². The number of nitrogens with zero attached hydrogens (tertiary/aromatic N) is 2. The third-order valence-electron chi connectivity index (χ3n) is 2.00. The van der Waals surface area contributed by atoms with Crippen molar-refractivity contribution in [2.45, 2.75) is 12.2 Å². The molecule has 0 aliphatic rings. The SMILES string of the molecule is COC(=O)c1nccc(NCC(C)SC)n1. The molecule has 0 saturated carbocycles. The monoisotopic (exact) mass is 241 g/mol. The van der Waals surface area contributed by atoms with Gasteiger partial charge >= 0.3 is 5.97 Å². The van der Waals surface area contributed by atoms with Crippen molar-refractivity contribution in [3.8, 4) is 0 Å². The lowest BCUT2D eigenvalue weighted by Crippen LogP contribution is -2.15. The highest BCUT2D eigenvalue weighted by molar-refractivity contribution is 7.99. The Morgan fingerprint density at radius 3 is 3.06 bits per heavy atom. The molecule has 0 spiro atoms. The van der Waals surface area contributed by atoms with Crippen LogP contribution in [-0.4, -0.2) is 41.1 Å². The lowest BCUT2D eigenvalue weighted by molar-refractivity contribution is 0.0587. The maximum absolute atomic E-state index is 11.2.